The van der Waals surface area contributed by atoms with Crippen LogP contribution >= 0.6 is 0 Å². The van der Waals surface area contributed by atoms with Crippen LogP contribution in [-0.4, -0.2) is 54.6 Å². The van der Waals surface area contributed by atoms with Gasteiger partial charge in [-0.3, -0.25) is 9.69 Å². The SMILES string of the molecule is CC(O)C(N)C(=O)NCN(C)C(C)Cc1ccc2c(c1)OCO2. The first kappa shape index (κ1) is 17.5. The van der Waals surface area contributed by atoms with E-state index < -0.39 is 12.1 Å². The lowest BCUT2D eigenvalue weighted by atomic mass is 10.1. The van der Waals surface area contributed by atoms with Gasteiger partial charge in [-0.2, -0.15) is 0 Å². The summed E-state index contributed by atoms with van der Waals surface area (Å²) in [7, 11) is 1.92. The second-order valence-corrected chi connectivity index (χ2v) is 5.96. The van der Waals surface area contributed by atoms with Gasteiger partial charge in [-0.25, -0.2) is 0 Å². The normalized spacial score (nSPS) is 17.0. The van der Waals surface area contributed by atoms with E-state index >= 15 is 0 Å². The fraction of sp³-hybridized carbons (Fsp3) is 0.562. The molecule has 7 heteroatoms. The fourth-order valence-electron chi connectivity index (χ4n) is 2.26. The summed E-state index contributed by atoms with van der Waals surface area (Å²) in [4.78, 5) is 13.8. The first-order valence-electron chi connectivity index (χ1n) is 7.68. The number of nitrogens with zero attached hydrogens (tertiary/aromatic N) is 1. The molecule has 0 fully saturated rings. The predicted molar refractivity (Wildman–Crippen MR) is 86.2 cm³/mol. The third-order valence-corrected chi connectivity index (χ3v) is 4.05. The van der Waals surface area contributed by atoms with Crippen molar-refractivity contribution in [3.63, 3.8) is 0 Å². The predicted octanol–water partition coefficient (Wildman–Crippen LogP) is 0.0599. The lowest BCUT2D eigenvalue weighted by molar-refractivity contribution is -0.125. The molecule has 1 aromatic rings. The van der Waals surface area contributed by atoms with Crippen molar-refractivity contribution in [1.82, 2.24) is 10.2 Å². The number of hydrogen-bond donors (Lipinski definition) is 3. The number of benzene rings is 1. The summed E-state index contributed by atoms with van der Waals surface area (Å²) in [6.07, 6.45) is -0.0581. The Hall–Kier alpha value is -1.83. The van der Waals surface area contributed by atoms with Crippen molar-refractivity contribution >= 4 is 5.91 Å². The molecule has 0 saturated carbocycles. The van der Waals surface area contributed by atoms with Gasteiger partial charge in [-0.1, -0.05) is 6.07 Å². The number of aliphatic hydroxyl groups excluding tert-OH is 1. The van der Waals surface area contributed by atoms with Crippen molar-refractivity contribution in [3.05, 3.63) is 23.8 Å². The van der Waals surface area contributed by atoms with Crippen LogP contribution in [0.15, 0.2) is 18.2 Å². The number of rotatable bonds is 7. The largest absolute Gasteiger partial charge is 0.454 e. The maximum atomic E-state index is 11.7. The number of aliphatic hydroxyl groups is 1. The average Bonchev–Trinajstić information content (AvgIpc) is 2.98. The number of carbonyl (C=O) groups excluding carboxylic acids is 1. The second-order valence-electron chi connectivity index (χ2n) is 5.96. The number of carbonyl (C=O) groups is 1. The zero-order valence-electron chi connectivity index (χ0n) is 13.8. The third-order valence-electron chi connectivity index (χ3n) is 4.05. The van der Waals surface area contributed by atoms with Crippen LogP contribution in [0.2, 0.25) is 0 Å². The smallest absolute Gasteiger partial charge is 0.240 e. The van der Waals surface area contributed by atoms with Gasteiger partial charge in [-0.05, 0) is 45.0 Å². The monoisotopic (exact) mass is 323 g/mol. The van der Waals surface area contributed by atoms with Gasteiger partial charge in [0.2, 0.25) is 12.7 Å². The molecule has 2 rings (SSSR count). The van der Waals surface area contributed by atoms with Crippen molar-refractivity contribution in [2.45, 2.75) is 38.5 Å². The molecule has 1 aromatic carbocycles. The van der Waals surface area contributed by atoms with E-state index in [0.717, 1.165) is 23.5 Å². The number of nitrogens with two attached hydrogens (primary N) is 1. The molecule has 23 heavy (non-hydrogen) atoms. The minimum absolute atomic E-state index is 0.207. The minimum atomic E-state index is -0.910. The molecule has 1 amide bonds. The molecule has 1 aliphatic rings. The van der Waals surface area contributed by atoms with Crippen molar-refractivity contribution < 1.29 is 19.4 Å². The maximum Gasteiger partial charge on any atom is 0.240 e. The molecule has 128 valence electrons. The van der Waals surface area contributed by atoms with Gasteiger partial charge in [0.15, 0.2) is 11.5 Å². The molecular formula is C16H25N3O4. The van der Waals surface area contributed by atoms with E-state index in [-0.39, 0.29) is 18.7 Å². The van der Waals surface area contributed by atoms with Crippen LogP contribution in [0.1, 0.15) is 19.4 Å². The highest BCUT2D eigenvalue weighted by molar-refractivity contribution is 5.81. The first-order valence-corrected chi connectivity index (χ1v) is 7.68. The molecule has 0 radical (unpaired) electrons. The van der Waals surface area contributed by atoms with E-state index in [9.17, 15) is 9.90 Å². The summed E-state index contributed by atoms with van der Waals surface area (Å²) in [5, 5.41) is 12.0. The quantitative estimate of drug-likeness (QED) is 0.614. The molecule has 4 N–H and O–H groups in total. The van der Waals surface area contributed by atoms with Gasteiger partial charge in [0.25, 0.3) is 0 Å². The molecule has 7 nitrogen and oxygen atoms in total. The number of amides is 1. The zero-order valence-corrected chi connectivity index (χ0v) is 13.8. The van der Waals surface area contributed by atoms with Crippen LogP contribution in [0, 0.1) is 0 Å². The van der Waals surface area contributed by atoms with Crippen molar-refractivity contribution in [2.24, 2.45) is 5.73 Å². The van der Waals surface area contributed by atoms with Gasteiger partial charge < -0.3 is 25.6 Å². The van der Waals surface area contributed by atoms with E-state index in [4.69, 9.17) is 15.2 Å². The number of likely N-dealkylation sites (N-methyl/N-ethyl adjacent to an activating group) is 1. The van der Waals surface area contributed by atoms with Crippen LogP contribution in [0.4, 0.5) is 0 Å². The van der Waals surface area contributed by atoms with Crippen molar-refractivity contribution in [1.29, 1.82) is 0 Å². The summed E-state index contributed by atoms with van der Waals surface area (Å²) in [5.74, 6) is 1.19. The number of ether oxygens (including phenoxy) is 2. The standard InChI is InChI=1S/C16H25N3O4/c1-10(19(3)8-18-16(21)15(17)11(2)20)6-12-4-5-13-14(7-12)23-9-22-13/h4-5,7,10-11,15,20H,6,8-9,17H2,1-3H3,(H,18,21). The van der Waals surface area contributed by atoms with Gasteiger partial charge in [0.05, 0.1) is 12.8 Å². The summed E-state index contributed by atoms with van der Waals surface area (Å²) in [6, 6.07) is 5.20. The van der Waals surface area contributed by atoms with Gasteiger partial charge in [-0.15, -0.1) is 0 Å². The fourth-order valence-corrected chi connectivity index (χ4v) is 2.26. The molecule has 1 heterocycles. The molecular weight excluding hydrogens is 298 g/mol. The number of fused-ring (bicyclic) bond motifs is 1. The molecule has 1 aliphatic heterocycles. The molecule has 0 bridgehead atoms. The van der Waals surface area contributed by atoms with E-state index in [1.807, 2.05) is 30.1 Å². The van der Waals surface area contributed by atoms with E-state index in [2.05, 4.69) is 12.2 Å². The lowest BCUT2D eigenvalue weighted by Gasteiger charge is -2.26. The third kappa shape index (κ3) is 4.57. The van der Waals surface area contributed by atoms with Crippen LogP contribution in [-0.2, 0) is 11.2 Å². The Balaban J connectivity index is 1.83. The van der Waals surface area contributed by atoms with E-state index in [1.165, 1.54) is 6.92 Å². The van der Waals surface area contributed by atoms with Crippen molar-refractivity contribution in [3.8, 4) is 11.5 Å². The minimum Gasteiger partial charge on any atom is -0.454 e. The van der Waals surface area contributed by atoms with Gasteiger partial charge in [0.1, 0.15) is 6.04 Å². The Morgan fingerprint density at radius 3 is 2.78 bits per heavy atom. The first-order chi connectivity index (χ1) is 10.9. The Kier molecular flexibility index (Phi) is 5.81. The Morgan fingerprint density at radius 1 is 1.39 bits per heavy atom. The van der Waals surface area contributed by atoms with Crippen LogP contribution in [0.5, 0.6) is 11.5 Å². The van der Waals surface area contributed by atoms with E-state index in [0.29, 0.717) is 6.67 Å². The van der Waals surface area contributed by atoms with E-state index in [1.54, 1.807) is 0 Å². The van der Waals surface area contributed by atoms with Crippen molar-refractivity contribution in [2.75, 3.05) is 20.5 Å². The molecule has 0 aromatic heterocycles. The zero-order chi connectivity index (χ0) is 17.0. The highest BCUT2D eigenvalue weighted by atomic mass is 16.7. The lowest BCUT2D eigenvalue weighted by Crippen LogP contribution is -2.50. The molecule has 0 saturated heterocycles. The topological polar surface area (TPSA) is 97.0 Å². The Bertz CT molecular complexity index is 550. The summed E-state index contributed by atoms with van der Waals surface area (Å²) in [6.45, 7) is 4.20. The van der Waals surface area contributed by atoms with Crippen LogP contribution in [0.25, 0.3) is 0 Å². The summed E-state index contributed by atoms with van der Waals surface area (Å²) >= 11 is 0. The Labute approximate surface area is 136 Å². The average molecular weight is 323 g/mol. The Morgan fingerprint density at radius 2 is 2.09 bits per heavy atom. The summed E-state index contributed by atoms with van der Waals surface area (Å²) in [5.41, 5.74) is 6.73. The molecule has 0 aliphatic carbocycles. The number of nitrogens with one attached hydrogen (secondary N) is 1. The highest BCUT2D eigenvalue weighted by Gasteiger charge is 2.20. The highest BCUT2D eigenvalue weighted by Crippen LogP contribution is 2.32. The maximum absolute atomic E-state index is 11.7. The van der Waals surface area contributed by atoms with Gasteiger partial charge in [0, 0.05) is 6.04 Å². The van der Waals surface area contributed by atoms with Crippen LogP contribution < -0.4 is 20.5 Å². The molecule has 0 spiro atoms. The number of hydrogen-bond acceptors (Lipinski definition) is 6. The molecule has 3 atom stereocenters. The van der Waals surface area contributed by atoms with Gasteiger partial charge >= 0.3 is 0 Å². The molecule has 3 unspecified atom stereocenters. The second kappa shape index (κ2) is 7.63. The summed E-state index contributed by atoms with van der Waals surface area (Å²) < 4.78 is 10.7. The van der Waals surface area contributed by atoms with Crippen LogP contribution in [0.3, 0.4) is 0 Å².